The third kappa shape index (κ3) is 6.84. The van der Waals surface area contributed by atoms with Gasteiger partial charge in [-0.1, -0.05) is 6.92 Å². The molecule has 1 aromatic heterocycles. The molecule has 1 heterocycles. The summed E-state index contributed by atoms with van der Waals surface area (Å²) in [6.45, 7) is 8.13. The molecular formula is C15H26N2O3. The van der Waals surface area contributed by atoms with Crippen LogP contribution in [-0.2, 0) is 16.0 Å². The molecule has 0 bridgehead atoms. The van der Waals surface area contributed by atoms with Crippen LogP contribution in [0.3, 0.4) is 0 Å². The average molecular weight is 282 g/mol. The predicted molar refractivity (Wildman–Crippen MR) is 79.2 cm³/mol. The molecule has 0 aromatic carbocycles. The molecule has 0 aliphatic carbocycles. The van der Waals surface area contributed by atoms with Crippen molar-refractivity contribution in [1.82, 2.24) is 10.3 Å². The zero-order valence-electron chi connectivity index (χ0n) is 12.8. The summed E-state index contributed by atoms with van der Waals surface area (Å²) in [4.78, 5) is 4.52. The van der Waals surface area contributed by atoms with Crippen molar-refractivity contribution in [3.05, 3.63) is 23.5 Å². The molecule has 1 aromatic rings. The molecule has 1 N–H and O–H groups in total. The maximum Gasteiger partial charge on any atom is 0.142 e. The summed E-state index contributed by atoms with van der Waals surface area (Å²) in [5.74, 6) is 0.828. The van der Waals surface area contributed by atoms with Gasteiger partial charge in [0.2, 0.25) is 0 Å². The van der Waals surface area contributed by atoms with Crippen LogP contribution < -0.4 is 10.1 Å². The SMILES string of the molecule is CCCNCc1nc(C)ccc1OCCOCCOC. The van der Waals surface area contributed by atoms with Gasteiger partial charge in [0.1, 0.15) is 12.4 Å². The van der Waals surface area contributed by atoms with Crippen molar-refractivity contribution in [3.8, 4) is 5.75 Å². The number of nitrogens with zero attached hydrogens (tertiary/aromatic N) is 1. The van der Waals surface area contributed by atoms with Crippen LogP contribution in [0, 0.1) is 6.92 Å². The number of pyridine rings is 1. The normalized spacial score (nSPS) is 10.8. The highest BCUT2D eigenvalue weighted by atomic mass is 16.5. The third-order valence-corrected chi connectivity index (χ3v) is 2.71. The van der Waals surface area contributed by atoms with Gasteiger partial charge in [-0.3, -0.25) is 4.98 Å². The Morgan fingerprint density at radius 2 is 1.95 bits per heavy atom. The van der Waals surface area contributed by atoms with Gasteiger partial charge in [0.05, 0.1) is 25.5 Å². The van der Waals surface area contributed by atoms with Crippen LogP contribution in [-0.4, -0.2) is 45.1 Å². The first-order valence-corrected chi connectivity index (χ1v) is 7.14. The molecule has 0 amide bonds. The second-order valence-corrected chi connectivity index (χ2v) is 4.53. The Morgan fingerprint density at radius 1 is 1.15 bits per heavy atom. The minimum absolute atomic E-state index is 0.523. The Hall–Kier alpha value is -1.17. The number of nitrogens with one attached hydrogen (secondary N) is 1. The number of ether oxygens (including phenoxy) is 3. The summed E-state index contributed by atoms with van der Waals surface area (Å²) in [5, 5.41) is 3.35. The largest absolute Gasteiger partial charge is 0.489 e. The molecule has 20 heavy (non-hydrogen) atoms. The van der Waals surface area contributed by atoms with Crippen LogP contribution >= 0.6 is 0 Å². The van der Waals surface area contributed by atoms with E-state index < -0.39 is 0 Å². The van der Waals surface area contributed by atoms with Gasteiger partial charge >= 0.3 is 0 Å². The fraction of sp³-hybridized carbons (Fsp3) is 0.667. The van der Waals surface area contributed by atoms with E-state index in [2.05, 4.69) is 17.2 Å². The first-order chi connectivity index (χ1) is 9.77. The average Bonchev–Trinajstić information content (AvgIpc) is 2.45. The second-order valence-electron chi connectivity index (χ2n) is 4.53. The van der Waals surface area contributed by atoms with E-state index in [9.17, 15) is 0 Å². The monoisotopic (exact) mass is 282 g/mol. The Kier molecular flexibility index (Phi) is 8.95. The van der Waals surface area contributed by atoms with E-state index in [0.717, 1.165) is 36.6 Å². The summed E-state index contributed by atoms with van der Waals surface area (Å²) < 4.78 is 16.0. The van der Waals surface area contributed by atoms with Gasteiger partial charge in [-0.25, -0.2) is 0 Å². The van der Waals surface area contributed by atoms with Crippen LogP contribution in [0.1, 0.15) is 24.7 Å². The minimum atomic E-state index is 0.523. The first kappa shape index (κ1) is 16.9. The molecule has 5 heteroatoms. The van der Waals surface area contributed by atoms with E-state index >= 15 is 0 Å². The molecule has 0 aliphatic heterocycles. The first-order valence-electron chi connectivity index (χ1n) is 7.14. The van der Waals surface area contributed by atoms with E-state index in [4.69, 9.17) is 14.2 Å². The lowest BCUT2D eigenvalue weighted by Crippen LogP contribution is -2.17. The van der Waals surface area contributed by atoms with E-state index in [1.807, 2.05) is 19.1 Å². The lowest BCUT2D eigenvalue weighted by molar-refractivity contribution is 0.0542. The number of hydrogen-bond donors (Lipinski definition) is 1. The Morgan fingerprint density at radius 3 is 2.70 bits per heavy atom. The minimum Gasteiger partial charge on any atom is -0.489 e. The van der Waals surface area contributed by atoms with Crippen molar-refractivity contribution in [1.29, 1.82) is 0 Å². The molecule has 114 valence electrons. The van der Waals surface area contributed by atoms with Gasteiger partial charge in [-0.05, 0) is 32.0 Å². The second kappa shape index (κ2) is 10.6. The molecule has 0 saturated carbocycles. The number of rotatable bonds is 11. The summed E-state index contributed by atoms with van der Waals surface area (Å²) in [6.07, 6.45) is 1.11. The summed E-state index contributed by atoms with van der Waals surface area (Å²) >= 11 is 0. The van der Waals surface area contributed by atoms with Crippen molar-refractivity contribution in [2.45, 2.75) is 26.8 Å². The number of aromatic nitrogens is 1. The van der Waals surface area contributed by atoms with Crippen molar-refractivity contribution in [2.75, 3.05) is 40.1 Å². The fourth-order valence-electron chi connectivity index (χ4n) is 1.69. The van der Waals surface area contributed by atoms with E-state index in [0.29, 0.717) is 26.4 Å². The highest BCUT2D eigenvalue weighted by molar-refractivity contribution is 5.29. The van der Waals surface area contributed by atoms with E-state index in [1.54, 1.807) is 7.11 Å². The highest BCUT2D eigenvalue weighted by Crippen LogP contribution is 2.16. The van der Waals surface area contributed by atoms with Crippen LogP contribution in [0.15, 0.2) is 12.1 Å². The van der Waals surface area contributed by atoms with Gasteiger partial charge in [-0.15, -0.1) is 0 Å². The summed E-state index contributed by atoms with van der Waals surface area (Å²) in [7, 11) is 1.66. The topological polar surface area (TPSA) is 52.6 Å². The van der Waals surface area contributed by atoms with Gasteiger partial charge in [0.15, 0.2) is 0 Å². The van der Waals surface area contributed by atoms with Crippen LogP contribution in [0.25, 0.3) is 0 Å². The molecule has 0 saturated heterocycles. The van der Waals surface area contributed by atoms with Crippen molar-refractivity contribution in [2.24, 2.45) is 0 Å². The van der Waals surface area contributed by atoms with Gasteiger partial charge < -0.3 is 19.5 Å². The van der Waals surface area contributed by atoms with Crippen molar-refractivity contribution >= 4 is 0 Å². The van der Waals surface area contributed by atoms with Gasteiger partial charge in [0.25, 0.3) is 0 Å². The number of methoxy groups -OCH3 is 1. The molecule has 0 spiro atoms. The van der Waals surface area contributed by atoms with Gasteiger partial charge in [-0.2, -0.15) is 0 Å². The van der Waals surface area contributed by atoms with Crippen LogP contribution in [0.2, 0.25) is 0 Å². The molecule has 0 fully saturated rings. The highest BCUT2D eigenvalue weighted by Gasteiger charge is 2.05. The zero-order valence-corrected chi connectivity index (χ0v) is 12.8. The maximum absolute atomic E-state index is 5.73. The zero-order chi connectivity index (χ0) is 14.6. The van der Waals surface area contributed by atoms with Crippen molar-refractivity contribution in [3.63, 3.8) is 0 Å². The fourth-order valence-corrected chi connectivity index (χ4v) is 1.69. The molecule has 5 nitrogen and oxygen atoms in total. The maximum atomic E-state index is 5.73. The molecule has 0 unspecified atom stereocenters. The third-order valence-electron chi connectivity index (χ3n) is 2.71. The Bertz CT molecular complexity index is 372. The lowest BCUT2D eigenvalue weighted by Gasteiger charge is -2.12. The van der Waals surface area contributed by atoms with E-state index in [1.165, 1.54) is 0 Å². The van der Waals surface area contributed by atoms with Crippen molar-refractivity contribution < 1.29 is 14.2 Å². The smallest absolute Gasteiger partial charge is 0.142 e. The molecule has 0 radical (unpaired) electrons. The Labute approximate surface area is 121 Å². The van der Waals surface area contributed by atoms with Gasteiger partial charge in [0, 0.05) is 19.3 Å². The molecule has 0 atom stereocenters. The summed E-state index contributed by atoms with van der Waals surface area (Å²) in [6, 6.07) is 3.94. The predicted octanol–water partition coefficient (Wildman–Crippen LogP) is 1.93. The van der Waals surface area contributed by atoms with Crippen LogP contribution in [0.4, 0.5) is 0 Å². The molecule has 0 aliphatic rings. The Balaban J connectivity index is 2.38. The molecular weight excluding hydrogens is 256 g/mol. The van der Waals surface area contributed by atoms with E-state index in [-0.39, 0.29) is 0 Å². The lowest BCUT2D eigenvalue weighted by atomic mass is 10.2. The number of hydrogen-bond acceptors (Lipinski definition) is 5. The molecule has 1 rings (SSSR count). The van der Waals surface area contributed by atoms with Crippen LogP contribution in [0.5, 0.6) is 5.75 Å². The number of aryl methyl sites for hydroxylation is 1. The summed E-state index contributed by atoms with van der Waals surface area (Å²) in [5.41, 5.74) is 1.96. The quantitative estimate of drug-likeness (QED) is 0.629. The standard InChI is InChI=1S/C15H26N2O3/c1-4-7-16-12-14-15(6-5-13(2)17-14)20-11-10-19-9-8-18-3/h5-6,16H,4,7-12H2,1-3H3.